The van der Waals surface area contributed by atoms with E-state index in [4.69, 9.17) is 11.6 Å². The van der Waals surface area contributed by atoms with Crippen LogP contribution < -0.4 is 5.32 Å². The number of carbonyl (C=O) groups excluding carboxylic acids is 4. The summed E-state index contributed by atoms with van der Waals surface area (Å²) in [6.07, 6.45) is 9.62. The molecule has 2 fully saturated rings. The second kappa shape index (κ2) is 11.4. The zero-order chi connectivity index (χ0) is 24.9. The van der Waals surface area contributed by atoms with Gasteiger partial charge in [0.05, 0.1) is 11.8 Å². The molecule has 0 bridgehead atoms. The standard InChI is InChI=1S/C27H34ClN3O4/c1-2-23(25(33)29-20-7-3-4-8-20)31(17-18-11-13-19(28)14-12-18)24(32)15-16-30-26(34)21-9-5-6-10-22(21)27(30)35/h5-6,11-14,20-23H,2-4,7-10,15-17H2,1H3,(H,29,33)/t21-,22+,23-/m1/s1. The number of likely N-dealkylation sites (tertiary alicyclic amines) is 1. The summed E-state index contributed by atoms with van der Waals surface area (Å²) in [6, 6.07) is 6.73. The number of nitrogens with one attached hydrogen (secondary N) is 1. The maximum atomic E-state index is 13.5. The van der Waals surface area contributed by atoms with Crippen LogP contribution in [0.15, 0.2) is 36.4 Å². The molecule has 0 spiro atoms. The van der Waals surface area contributed by atoms with E-state index in [0.29, 0.717) is 24.3 Å². The van der Waals surface area contributed by atoms with Crippen LogP contribution in [-0.4, -0.2) is 52.1 Å². The van der Waals surface area contributed by atoms with Gasteiger partial charge in [-0.1, -0.05) is 55.7 Å². The average Bonchev–Trinajstić information content (AvgIpc) is 3.45. The van der Waals surface area contributed by atoms with Crippen molar-refractivity contribution in [1.29, 1.82) is 0 Å². The Labute approximate surface area is 211 Å². The summed E-state index contributed by atoms with van der Waals surface area (Å²) in [5.74, 6) is -1.39. The molecule has 0 aromatic heterocycles. The molecule has 0 radical (unpaired) electrons. The maximum Gasteiger partial charge on any atom is 0.243 e. The zero-order valence-electron chi connectivity index (χ0n) is 20.2. The van der Waals surface area contributed by atoms with Crippen molar-refractivity contribution in [2.75, 3.05) is 6.54 Å². The summed E-state index contributed by atoms with van der Waals surface area (Å²) in [6.45, 7) is 2.19. The minimum absolute atomic E-state index is 0.00878. The molecule has 1 saturated carbocycles. The van der Waals surface area contributed by atoms with Gasteiger partial charge in [0.15, 0.2) is 0 Å². The van der Waals surface area contributed by atoms with Gasteiger partial charge in [-0.05, 0) is 49.8 Å². The maximum absolute atomic E-state index is 13.5. The highest BCUT2D eigenvalue weighted by Crippen LogP contribution is 2.35. The van der Waals surface area contributed by atoms with E-state index in [1.807, 2.05) is 31.2 Å². The molecule has 8 heteroatoms. The normalized spacial score (nSPS) is 22.9. The van der Waals surface area contributed by atoms with E-state index < -0.39 is 6.04 Å². The van der Waals surface area contributed by atoms with Crippen molar-refractivity contribution in [3.63, 3.8) is 0 Å². The molecule has 1 aliphatic heterocycles. The molecule has 2 aliphatic carbocycles. The summed E-state index contributed by atoms with van der Waals surface area (Å²) >= 11 is 6.03. The molecule has 188 valence electrons. The number of benzene rings is 1. The van der Waals surface area contributed by atoms with Gasteiger partial charge in [-0.2, -0.15) is 0 Å². The highest BCUT2D eigenvalue weighted by atomic mass is 35.5. The third kappa shape index (κ3) is 5.77. The number of fused-ring (bicyclic) bond motifs is 1. The lowest BCUT2D eigenvalue weighted by Crippen LogP contribution is -2.51. The van der Waals surface area contributed by atoms with Gasteiger partial charge < -0.3 is 10.2 Å². The van der Waals surface area contributed by atoms with E-state index >= 15 is 0 Å². The smallest absolute Gasteiger partial charge is 0.243 e. The van der Waals surface area contributed by atoms with Gasteiger partial charge in [-0.3, -0.25) is 24.1 Å². The van der Waals surface area contributed by atoms with Gasteiger partial charge in [0, 0.05) is 30.6 Å². The number of nitrogens with zero attached hydrogens (tertiary/aromatic N) is 2. The molecule has 3 aliphatic rings. The molecular formula is C27H34ClN3O4. The number of imide groups is 1. The molecule has 1 aromatic carbocycles. The van der Waals surface area contributed by atoms with E-state index in [1.165, 1.54) is 4.90 Å². The molecule has 4 amide bonds. The zero-order valence-corrected chi connectivity index (χ0v) is 21.0. The van der Waals surface area contributed by atoms with Crippen molar-refractivity contribution in [2.24, 2.45) is 11.8 Å². The van der Waals surface area contributed by atoms with Crippen molar-refractivity contribution in [2.45, 2.75) is 76.9 Å². The van der Waals surface area contributed by atoms with E-state index in [2.05, 4.69) is 5.32 Å². The third-order valence-corrected chi connectivity index (χ3v) is 7.75. The van der Waals surface area contributed by atoms with E-state index in [1.54, 1.807) is 17.0 Å². The van der Waals surface area contributed by atoms with Crippen molar-refractivity contribution in [1.82, 2.24) is 15.1 Å². The lowest BCUT2D eigenvalue weighted by molar-refractivity contribution is -0.144. The first-order chi connectivity index (χ1) is 16.9. The summed E-state index contributed by atoms with van der Waals surface area (Å²) in [7, 11) is 0. The highest BCUT2D eigenvalue weighted by Gasteiger charge is 2.47. The van der Waals surface area contributed by atoms with Gasteiger partial charge in [0.1, 0.15) is 6.04 Å². The minimum Gasteiger partial charge on any atom is -0.352 e. The predicted molar refractivity (Wildman–Crippen MR) is 133 cm³/mol. The molecule has 7 nitrogen and oxygen atoms in total. The second-order valence-electron chi connectivity index (χ2n) is 9.80. The van der Waals surface area contributed by atoms with E-state index in [0.717, 1.165) is 31.2 Å². The first-order valence-corrected chi connectivity index (χ1v) is 13.1. The Kier molecular flexibility index (Phi) is 8.26. The molecule has 0 unspecified atom stereocenters. The first-order valence-electron chi connectivity index (χ1n) is 12.7. The van der Waals surface area contributed by atoms with Crippen molar-refractivity contribution < 1.29 is 19.2 Å². The highest BCUT2D eigenvalue weighted by molar-refractivity contribution is 6.30. The fraction of sp³-hybridized carbons (Fsp3) is 0.556. The molecule has 1 aromatic rings. The summed E-state index contributed by atoms with van der Waals surface area (Å²) in [5.41, 5.74) is 0.861. The summed E-state index contributed by atoms with van der Waals surface area (Å²) < 4.78 is 0. The van der Waals surface area contributed by atoms with Gasteiger partial charge >= 0.3 is 0 Å². The quantitative estimate of drug-likeness (QED) is 0.413. The van der Waals surface area contributed by atoms with Gasteiger partial charge in [0.25, 0.3) is 0 Å². The SMILES string of the molecule is CC[C@H](C(=O)NC1CCCC1)N(Cc1ccc(Cl)cc1)C(=O)CCN1C(=O)[C@H]2CC=CC[C@H]2C1=O. The second-order valence-corrected chi connectivity index (χ2v) is 10.2. The van der Waals surface area contributed by atoms with Crippen LogP contribution in [0.2, 0.25) is 5.02 Å². The number of rotatable bonds is 9. The van der Waals surface area contributed by atoms with Crippen LogP contribution in [0.4, 0.5) is 0 Å². The Hall–Kier alpha value is -2.67. The molecule has 1 saturated heterocycles. The molecule has 3 atom stereocenters. The number of allylic oxidation sites excluding steroid dienone is 2. The van der Waals surface area contributed by atoms with Crippen LogP contribution in [0, 0.1) is 11.8 Å². The van der Waals surface area contributed by atoms with E-state index in [9.17, 15) is 19.2 Å². The van der Waals surface area contributed by atoms with Crippen molar-refractivity contribution in [3.05, 3.63) is 47.0 Å². The van der Waals surface area contributed by atoms with Crippen LogP contribution in [-0.2, 0) is 25.7 Å². The summed E-state index contributed by atoms with van der Waals surface area (Å²) in [5, 5.41) is 3.72. The van der Waals surface area contributed by atoms with Gasteiger partial charge in [0.2, 0.25) is 23.6 Å². The van der Waals surface area contributed by atoms with Crippen molar-refractivity contribution in [3.8, 4) is 0 Å². The third-order valence-electron chi connectivity index (χ3n) is 7.50. The summed E-state index contributed by atoms with van der Waals surface area (Å²) in [4.78, 5) is 55.2. The Morgan fingerprint density at radius 3 is 2.23 bits per heavy atom. The van der Waals surface area contributed by atoms with Crippen LogP contribution >= 0.6 is 11.6 Å². The number of carbonyl (C=O) groups is 4. The van der Waals surface area contributed by atoms with Crippen LogP contribution in [0.5, 0.6) is 0 Å². The lowest BCUT2D eigenvalue weighted by Gasteiger charge is -2.32. The topological polar surface area (TPSA) is 86.8 Å². The predicted octanol–water partition coefficient (Wildman–Crippen LogP) is 3.85. The van der Waals surface area contributed by atoms with Gasteiger partial charge in [-0.25, -0.2) is 0 Å². The van der Waals surface area contributed by atoms with Gasteiger partial charge in [-0.15, -0.1) is 0 Å². The fourth-order valence-corrected chi connectivity index (χ4v) is 5.64. The van der Waals surface area contributed by atoms with E-state index in [-0.39, 0.29) is 61.0 Å². The average molecular weight is 500 g/mol. The Balaban J connectivity index is 1.47. The molecular weight excluding hydrogens is 466 g/mol. The molecule has 1 heterocycles. The Morgan fingerprint density at radius 2 is 1.66 bits per heavy atom. The Morgan fingerprint density at radius 1 is 1.06 bits per heavy atom. The molecule has 4 rings (SSSR count). The minimum atomic E-state index is -0.629. The van der Waals surface area contributed by atoms with Crippen molar-refractivity contribution >= 4 is 35.2 Å². The largest absolute Gasteiger partial charge is 0.352 e. The molecule has 1 N–H and O–H groups in total. The van der Waals surface area contributed by atoms with Crippen LogP contribution in [0.1, 0.15) is 63.9 Å². The number of hydrogen-bond acceptors (Lipinski definition) is 4. The molecule has 35 heavy (non-hydrogen) atoms. The van der Waals surface area contributed by atoms with Crippen LogP contribution in [0.3, 0.4) is 0 Å². The first kappa shape index (κ1) is 25.4. The number of halogens is 1. The Bertz CT molecular complexity index is 961. The fourth-order valence-electron chi connectivity index (χ4n) is 5.51. The lowest BCUT2D eigenvalue weighted by atomic mass is 9.85. The monoisotopic (exact) mass is 499 g/mol. The number of amides is 4. The van der Waals surface area contributed by atoms with Crippen LogP contribution in [0.25, 0.3) is 0 Å². The number of hydrogen-bond donors (Lipinski definition) is 1.